The fraction of sp³-hybridized carbons (Fsp3) is 0.938. The summed E-state index contributed by atoms with van der Waals surface area (Å²) in [5.74, 6) is 1.81. The van der Waals surface area contributed by atoms with E-state index >= 15 is 0 Å². The zero-order chi connectivity index (χ0) is 13.1. The van der Waals surface area contributed by atoms with E-state index in [9.17, 15) is 0 Å². The van der Waals surface area contributed by atoms with Crippen LogP contribution in [0.15, 0.2) is 0 Å². The molecule has 1 heteroatoms. The monoisotopic (exact) mass is 257 g/mol. The molecule has 3 atom stereocenters. The third-order valence-corrected chi connectivity index (χ3v) is 4.84. The maximum Gasteiger partial charge on any atom is 0.00159 e. The van der Waals surface area contributed by atoms with Gasteiger partial charge in [0, 0.05) is 5.25 Å². The third-order valence-electron chi connectivity index (χ3n) is 3.80. The van der Waals surface area contributed by atoms with Gasteiger partial charge in [-0.25, -0.2) is 0 Å². The van der Waals surface area contributed by atoms with Crippen LogP contribution in [0.25, 0.3) is 0 Å². The summed E-state index contributed by atoms with van der Waals surface area (Å²) in [6.07, 6.45) is 13.1. The first kappa shape index (κ1) is 17.4. The standard InChI is InChI=1S/C16H33S/c1-6-9-14(2)10-7-11-15(3)12-8-13-16(4)17-5/h14-16H,1,6-13H2,2-5H3. The van der Waals surface area contributed by atoms with Gasteiger partial charge in [-0.05, 0) is 24.5 Å². The van der Waals surface area contributed by atoms with Crippen LogP contribution in [0.5, 0.6) is 0 Å². The summed E-state index contributed by atoms with van der Waals surface area (Å²) in [6.45, 7) is 11.1. The van der Waals surface area contributed by atoms with Crippen LogP contribution in [0, 0.1) is 18.8 Å². The van der Waals surface area contributed by atoms with E-state index in [2.05, 4.69) is 34.0 Å². The average Bonchev–Trinajstić information content (AvgIpc) is 2.29. The summed E-state index contributed by atoms with van der Waals surface area (Å²) in [7, 11) is 0. The Balaban J connectivity index is 3.37. The average molecular weight is 258 g/mol. The SMILES string of the molecule is [CH2]CCC(C)CCCC(C)CCCC(C)SC. The van der Waals surface area contributed by atoms with Crippen LogP contribution in [-0.2, 0) is 0 Å². The lowest BCUT2D eigenvalue weighted by atomic mass is 9.93. The lowest BCUT2D eigenvalue weighted by Crippen LogP contribution is -2.01. The molecule has 0 aliphatic heterocycles. The minimum atomic E-state index is 0.847. The Hall–Kier alpha value is 0.350. The Morgan fingerprint density at radius 3 is 1.76 bits per heavy atom. The number of rotatable bonds is 11. The van der Waals surface area contributed by atoms with E-state index in [1.807, 2.05) is 11.8 Å². The van der Waals surface area contributed by atoms with E-state index in [0.29, 0.717) is 0 Å². The zero-order valence-corrected chi connectivity index (χ0v) is 13.3. The topological polar surface area (TPSA) is 0 Å². The van der Waals surface area contributed by atoms with Gasteiger partial charge >= 0.3 is 0 Å². The van der Waals surface area contributed by atoms with Crippen molar-refractivity contribution < 1.29 is 0 Å². The molecule has 0 aliphatic carbocycles. The second kappa shape index (κ2) is 11.4. The van der Waals surface area contributed by atoms with Crippen LogP contribution in [0.1, 0.15) is 72.1 Å². The normalized spacial score (nSPS) is 16.8. The van der Waals surface area contributed by atoms with Crippen LogP contribution in [-0.4, -0.2) is 11.5 Å². The van der Waals surface area contributed by atoms with Crippen molar-refractivity contribution in [2.24, 2.45) is 11.8 Å². The highest BCUT2D eigenvalue weighted by atomic mass is 32.2. The lowest BCUT2D eigenvalue weighted by Gasteiger charge is -2.14. The molecule has 0 rings (SSSR count). The molecule has 0 aromatic carbocycles. The van der Waals surface area contributed by atoms with Crippen LogP contribution in [0.2, 0.25) is 0 Å². The molecule has 0 aliphatic rings. The van der Waals surface area contributed by atoms with Gasteiger partial charge in [-0.3, -0.25) is 0 Å². The van der Waals surface area contributed by atoms with Crippen LogP contribution in [0.3, 0.4) is 0 Å². The Morgan fingerprint density at radius 2 is 1.29 bits per heavy atom. The van der Waals surface area contributed by atoms with Gasteiger partial charge in [-0.1, -0.05) is 72.6 Å². The molecule has 103 valence electrons. The van der Waals surface area contributed by atoms with Gasteiger partial charge in [0.2, 0.25) is 0 Å². The summed E-state index contributed by atoms with van der Waals surface area (Å²) in [6, 6.07) is 0. The molecule has 0 aromatic rings. The lowest BCUT2D eigenvalue weighted by molar-refractivity contribution is 0.403. The first-order valence-corrected chi connectivity index (χ1v) is 8.71. The summed E-state index contributed by atoms with van der Waals surface area (Å²) in [5.41, 5.74) is 0. The number of hydrogen-bond donors (Lipinski definition) is 0. The second-order valence-electron chi connectivity index (χ2n) is 5.76. The van der Waals surface area contributed by atoms with Crippen molar-refractivity contribution in [3.8, 4) is 0 Å². The maximum absolute atomic E-state index is 3.93. The van der Waals surface area contributed by atoms with E-state index in [4.69, 9.17) is 0 Å². The number of hydrogen-bond acceptors (Lipinski definition) is 1. The highest BCUT2D eigenvalue weighted by Gasteiger charge is 2.06. The highest BCUT2D eigenvalue weighted by molar-refractivity contribution is 7.99. The van der Waals surface area contributed by atoms with Gasteiger partial charge in [0.15, 0.2) is 0 Å². The Labute approximate surface area is 114 Å². The van der Waals surface area contributed by atoms with Crippen molar-refractivity contribution >= 4 is 11.8 Å². The molecule has 0 spiro atoms. The van der Waals surface area contributed by atoms with E-state index < -0.39 is 0 Å². The van der Waals surface area contributed by atoms with Crippen LogP contribution >= 0.6 is 11.8 Å². The number of thioether (sulfide) groups is 1. The Bertz CT molecular complexity index is 156. The maximum atomic E-state index is 3.93. The molecule has 0 heterocycles. The van der Waals surface area contributed by atoms with E-state index in [1.54, 1.807) is 0 Å². The van der Waals surface area contributed by atoms with Crippen LogP contribution in [0.4, 0.5) is 0 Å². The van der Waals surface area contributed by atoms with Gasteiger partial charge in [0.1, 0.15) is 0 Å². The minimum absolute atomic E-state index is 0.847. The molecular weight excluding hydrogens is 224 g/mol. The van der Waals surface area contributed by atoms with Crippen molar-refractivity contribution in [1.29, 1.82) is 0 Å². The molecule has 3 unspecified atom stereocenters. The van der Waals surface area contributed by atoms with Gasteiger partial charge in [-0.2, -0.15) is 11.8 Å². The van der Waals surface area contributed by atoms with Gasteiger partial charge in [0.05, 0.1) is 0 Å². The fourth-order valence-electron chi connectivity index (χ4n) is 2.32. The molecular formula is C16H33S. The Kier molecular flexibility index (Phi) is 11.7. The van der Waals surface area contributed by atoms with Crippen molar-refractivity contribution in [1.82, 2.24) is 0 Å². The smallest absolute Gasteiger partial charge is 0.00159 e. The summed E-state index contributed by atoms with van der Waals surface area (Å²) in [5, 5.41) is 0.847. The van der Waals surface area contributed by atoms with E-state index in [-0.39, 0.29) is 0 Å². The zero-order valence-electron chi connectivity index (χ0n) is 12.5. The Morgan fingerprint density at radius 1 is 0.824 bits per heavy atom. The molecule has 0 amide bonds. The summed E-state index contributed by atoms with van der Waals surface area (Å²) in [4.78, 5) is 0. The molecule has 0 fully saturated rings. The molecule has 1 radical (unpaired) electrons. The first-order valence-electron chi connectivity index (χ1n) is 7.42. The molecule has 0 bridgehead atoms. The molecule has 0 N–H and O–H groups in total. The van der Waals surface area contributed by atoms with Crippen molar-refractivity contribution in [2.75, 3.05) is 6.26 Å². The minimum Gasteiger partial charge on any atom is -0.162 e. The molecule has 17 heavy (non-hydrogen) atoms. The summed E-state index contributed by atoms with van der Waals surface area (Å²) >= 11 is 2.00. The van der Waals surface area contributed by atoms with E-state index in [1.165, 1.54) is 44.9 Å². The predicted octanol–water partition coefficient (Wildman–Crippen LogP) is 5.96. The molecule has 0 saturated heterocycles. The molecule has 0 saturated carbocycles. The molecule has 0 aromatic heterocycles. The second-order valence-corrected chi connectivity index (χ2v) is 7.04. The highest BCUT2D eigenvalue weighted by Crippen LogP contribution is 2.21. The third kappa shape index (κ3) is 11.2. The van der Waals surface area contributed by atoms with Gasteiger partial charge < -0.3 is 0 Å². The summed E-state index contributed by atoms with van der Waals surface area (Å²) < 4.78 is 0. The first-order chi connectivity index (χ1) is 8.10. The van der Waals surface area contributed by atoms with Gasteiger partial charge in [0.25, 0.3) is 0 Å². The van der Waals surface area contributed by atoms with Crippen LogP contribution < -0.4 is 0 Å². The molecule has 0 nitrogen and oxygen atoms in total. The van der Waals surface area contributed by atoms with Crippen molar-refractivity contribution in [3.05, 3.63) is 6.92 Å². The fourth-order valence-corrected chi connectivity index (χ4v) is 2.73. The van der Waals surface area contributed by atoms with Crippen molar-refractivity contribution in [3.63, 3.8) is 0 Å². The van der Waals surface area contributed by atoms with Crippen molar-refractivity contribution in [2.45, 2.75) is 77.4 Å². The predicted molar refractivity (Wildman–Crippen MR) is 83.6 cm³/mol. The largest absolute Gasteiger partial charge is 0.162 e. The quantitative estimate of drug-likeness (QED) is 0.440. The van der Waals surface area contributed by atoms with E-state index in [0.717, 1.165) is 23.5 Å². The van der Waals surface area contributed by atoms with Gasteiger partial charge in [-0.15, -0.1) is 0 Å².